The zero-order valence-electron chi connectivity index (χ0n) is 16.7. The SMILES string of the molecule is CN(C)Cc1cc(-c2ccccc2)ccc1S(=O)(=O)n1ccc(/C=C/C(=O)NO)c1. The van der Waals surface area contributed by atoms with E-state index < -0.39 is 15.9 Å². The Balaban J connectivity index is 2.02. The van der Waals surface area contributed by atoms with E-state index in [0.29, 0.717) is 17.7 Å². The maximum absolute atomic E-state index is 13.3. The number of aromatic nitrogens is 1. The van der Waals surface area contributed by atoms with E-state index in [4.69, 9.17) is 5.21 Å². The molecule has 0 aliphatic carbocycles. The van der Waals surface area contributed by atoms with E-state index in [1.165, 1.54) is 23.9 Å². The van der Waals surface area contributed by atoms with Crippen LogP contribution in [0.5, 0.6) is 0 Å². The number of carbonyl (C=O) groups is 1. The van der Waals surface area contributed by atoms with Crippen molar-refractivity contribution >= 4 is 22.0 Å². The molecule has 8 heteroatoms. The quantitative estimate of drug-likeness (QED) is 0.345. The molecule has 1 amide bonds. The Hall–Kier alpha value is -3.20. The van der Waals surface area contributed by atoms with Gasteiger partial charge in [0.25, 0.3) is 15.9 Å². The first-order chi connectivity index (χ1) is 14.3. The Morgan fingerprint density at radius 2 is 1.83 bits per heavy atom. The number of amides is 1. The highest BCUT2D eigenvalue weighted by Gasteiger charge is 2.21. The van der Waals surface area contributed by atoms with E-state index in [9.17, 15) is 13.2 Å². The van der Waals surface area contributed by atoms with Gasteiger partial charge in [-0.2, -0.15) is 0 Å². The van der Waals surface area contributed by atoms with Crippen molar-refractivity contribution in [3.63, 3.8) is 0 Å². The van der Waals surface area contributed by atoms with E-state index in [-0.39, 0.29) is 4.90 Å². The highest BCUT2D eigenvalue weighted by Crippen LogP contribution is 2.27. The van der Waals surface area contributed by atoms with Crippen LogP contribution in [-0.2, 0) is 21.4 Å². The minimum absolute atomic E-state index is 0.218. The fraction of sp³-hybridized carbons (Fsp3) is 0.136. The largest absolute Gasteiger partial charge is 0.305 e. The van der Waals surface area contributed by atoms with Gasteiger partial charge >= 0.3 is 0 Å². The topological polar surface area (TPSA) is 91.6 Å². The van der Waals surface area contributed by atoms with Crippen molar-refractivity contribution in [2.24, 2.45) is 0 Å². The summed E-state index contributed by atoms with van der Waals surface area (Å²) >= 11 is 0. The molecule has 0 unspecified atom stereocenters. The van der Waals surface area contributed by atoms with Gasteiger partial charge in [-0.3, -0.25) is 10.0 Å². The van der Waals surface area contributed by atoms with Gasteiger partial charge in [-0.15, -0.1) is 0 Å². The normalized spacial score (nSPS) is 11.9. The summed E-state index contributed by atoms with van der Waals surface area (Å²) in [4.78, 5) is 13.3. The molecule has 3 rings (SSSR count). The molecule has 3 aromatic rings. The van der Waals surface area contributed by atoms with Crippen molar-refractivity contribution in [3.05, 3.63) is 84.2 Å². The summed E-state index contributed by atoms with van der Waals surface area (Å²) in [6.07, 6.45) is 5.37. The molecule has 0 bridgehead atoms. The average molecular weight is 426 g/mol. The Morgan fingerprint density at radius 1 is 1.10 bits per heavy atom. The van der Waals surface area contributed by atoms with Gasteiger partial charge in [0.2, 0.25) is 0 Å². The third kappa shape index (κ3) is 4.85. The van der Waals surface area contributed by atoms with Gasteiger partial charge < -0.3 is 4.90 Å². The zero-order valence-corrected chi connectivity index (χ0v) is 17.5. The predicted molar refractivity (Wildman–Crippen MR) is 115 cm³/mol. The lowest BCUT2D eigenvalue weighted by Gasteiger charge is -2.16. The number of rotatable bonds is 7. The molecule has 0 aliphatic heterocycles. The number of hydroxylamine groups is 1. The van der Waals surface area contributed by atoms with E-state index >= 15 is 0 Å². The minimum atomic E-state index is -3.83. The molecule has 7 nitrogen and oxygen atoms in total. The second kappa shape index (κ2) is 9.08. The predicted octanol–water partition coefficient (Wildman–Crippen LogP) is 2.97. The molecular weight excluding hydrogens is 402 g/mol. The van der Waals surface area contributed by atoms with E-state index in [0.717, 1.165) is 21.2 Å². The minimum Gasteiger partial charge on any atom is -0.305 e. The standard InChI is InChI=1S/C22H23N3O4S/c1-24(2)16-20-14-19(18-6-4-3-5-7-18)9-10-21(20)30(28,29)25-13-12-17(15-25)8-11-22(26)23-27/h3-15,27H,16H2,1-2H3,(H,23,26)/b11-8+. The summed E-state index contributed by atoms with van der Waals surface area (Å²) in [5, 5.41) is 8.55. The van der Waals surface area contributed by atoms with Gasteiger partial charge in [0, 0.05) is 25.0 Å². The highest BCUT2D eigenvalue weighted by atomic mass is 32.2. The summed E-state index contributed by atoms with van der Waals surface area (Å²) in [5.74, 6) is -0.699. The summed E-state index contributed by atoms with van der Waals surface area (Å²) in [7, 11) is -0.0608. The summed E-state index contributed by atoms with van der Waals surface area (Å²) in [5.41, 5.74) is 4.64. The van der Waals surface area contributed by atoms with Crippen molar-refractivity contribution in [3.8, 4) is 11.1 Å². The molecule has 0 radical (unpaired) electrons. The van der Waals surface area contributed by atoms with Crippen LogP contribution >= 0.6 is 0 Å². The monoisotopic (exact) mass is 425 g/mol. The van der Waals surface area contributed by atoms with Crippen LogP contribution in [0.15, 0.2) is 78.0 Å². The lowest BCUT2D eigenvalue weighted by molar-refractivity contribution is -0.124. The van der Waals surface area contributed by atoms with Crippen molar-refractivity contribution in [1.29, 1.82) is 0 Å². The molecule has 1 heterocycles. The van der Waals surface area contributed by atoms with Crippen LogP contribution in [0, 0.1) is 0 Å². The van der Waals surface area contributed by atoms with Crippen molar-refractivity contribution in [2.75, 3.05) is 14.1 Å². The van der Waals surface area contributed by atoms with Crippen LogP contribution in [0.2, 0.25) is 0 Å². The third-order valence-corrected chi connectivity index (χ3v) is 6.17. The first kappa shape index (κ1) is 21.5. The Morgan fingerprint density at radius 3 is 2.50 bits per heavy atom. The first-order valence-corrected chi connectivity index (χ1v) is 10.6. The second-order valence-corrected chi connectivity index (χ2v) is 8.83. The molecular formula is C22H23N3O4S. The van der Waals surface area contributed by atoms with Gasteiger partial charge in [0.15, 0.2) is 0 Å². The fourth-order valence-electron chi connectivity index (χ4n) is 3.07. The lowest BCUT2D eigenvalue weighted by Crippen LogP contribution is -2.17. The number of hydrogen-bond donors (Lipinski definition) is 2. The fourth-order valence-corrected chi connectivity index (χ4v) is 4.47. The number of benzene rings is 2. The molecule has 2 aromatic carbocycles. The average Bonchev–Trinajstić information content (AvgIpc) is 3.22. The molecule has 30 heavy (non-hydrogen) atoms. The molecule has 0 saturated carbocycles. The van der Waals surface area contributed by atoms with Crippen molar-refractivity contribution in [2.45, 2.75) is 11.4 Å². The van der Waals surface area contributed by atoms with Crippen LogP contribution in [-0.4, -0.2) is 42.5 Å². The van der Waals surface area contributed by atoms with E-state index in [1.807, 2.05) is 55.4 Å². The molecule has 0 aliphatic rings. The van der Waals surface area contributed by atoms with E-state index in [2.05, 4.69) is 0 Å². The van der Waals surface area contributed by atoms with Crippen molar-refractivity contribution < 1.29 is 18.4 Å². The summed E-state index contributed by atoms with van der Waals surface area (Å²) in [6.45, 7) is 0.458. The third-order valence-electron chi connectivity index (χ3n) is 4.44. The number of carbonyl (C=O) groups excluding carboxylic acids is 1. The maximum Gasteiger partial charge on any atom is 0.267 e. The van der Waals surface area contributed by atoms with Crippen LogP contribution < -0.4 is 5.48 Å². The summed E-state index contributed by atoms with van der Waals surface area (Å²) < 4.78 is 27.7. The van der Waals surface area contributed by atoms with Gasteiger partial charge in [0.1, 0.15) is 0 Å². The Bertz CT molecular complexity index is 1170. The van der Waals surface area contributed by atoms with Gasteiger partial charge in [-0.05, 0) is 60.6 Å². The maximum atomic E-state index is 13.3. The number of hydrogen-bond acceptors (Lipinski definition) is 5. The lowest BCUT2D eigenvalue weighted by atomic mass is 10.0. The first-order valence-electron chi connectivity index (χ1n) is 9.20. The smallest absolute Gasteiger partial charge is 0.267 e. The molecule has 2 N–H and O–H groups in total. The number of nitrogens with zero attached hydrogens (tertiary/aromatic N) is 2. The van der Waals surface area contributed by atoms with Gasteiger partial charge in [0.05, 0.1) is 4.90 Å². The Labute approximate surface area is 175 Å². The number of nitrogens with one attached hydrogen (secondary N) is 1. The molecule has 1 aromatic heterocycles. The van der Waals surface area contributed by atoms with Crippen LogP contribution in [0.1, 0.15) is 11.1 Å². The van der Waals surface area contributed by atoms with Gasteiger partial charge in [-0.25, -0.2) is 17.9 Å². The van der Waals surface area contributed by atoms with Crippen molar-refractivity contribution in [1.82, 2.24) is 14.4 Å². The van der Waals surface area contributed by atoms with Crippen LogP contribution in [0.3, 0.4) is 0 Å². The highest BCUT2D eigenvalue weighted by molar-refractivity contribution is 7.90. The van der Waals surface area contributed by atoms with Crippen LogP contribution in [0.25, 0.3) is 17.2 Å². The molecule has 0 fully saturated rings. The van der Waals surface area contributed by atoms with E-state index in [1.54, 1.807) is 18.2 Å². The zero-order chi connectivity index (χ0) is 21.7. The van der Waals surface area contributed by atoms with Gasteiger partial charge in [-0.1, -0.05) is 36.4 Å². The summed E-state index contributed by atoms with van der Waals surface area (Å²) in [6, 6.07) is 16.7. The molecule has 0 atom stereocenters. The Kier molecular flexibility index (Phi) is 6.51. The van der Waals surface area contributed by atoms with Crippen LogP contribution in [0.4, 0.5) is 0 Å². The molecule has 0 saturated heterocycles. The molecule has 0 spiro atoms. The second-order valence-electron chi connectivity index (χ2n) is 7.02. The molecule has 156 valence electrons.